The van der Waals surface area contributed by atoms with E-state index in [9.17, 15) is 4.79 Å². The maximum atomic E-state index is 12.2. The number of nitrogens with two attached hydrogens (primary N) is 1. The zero-order valence-corrected chi connectivity index (χ0v) is 12.2. The minimum atomic E-state index is -0.146. The van der Waals surface area contributed by atoms with Crippen LogP contribution in [0.4, 0.5) is 5.69 Å². The van der Waals surface area contributed by atoms with Crippen molar-refractivity contribution >= 4 is 11.6 Å². The van der Waals surface area contributed by atoms with Crippen LogP contribution in [0.15, 0.2) is 18.2 Å². The highest BCUT2D eigenvalue weighted by Crippen LogP contribution is 2.24. The van der Waals surface area contributed by atoms with E-state index in [1.807, 2.05) is 6.92 Å². The van der Waals surface area contributed by atoms with Gasteiger partial charge in [0.25, 0.3) is 5.91 Å². The number of ether oxygens (including phenoxy) is 1. The lowest BCUT2D eigenvalue weighted by Crippen LogP contribution is -2.34. The van der Waals surface area contributed by atoms with Crippen LogP contribution in [0.3, 0.4) is 0 Å². The molecule has 0 fully saturated rings. The summed E-state index contributed by atoms with van der Waals surface area (Å²) in [5, 5.41) is 2.98. The number of carbonyl (C=O) groups excluding carboxylic acids is 1. The summed E-state index contributed by atoms with van der Waals surface area (Å²) in [6.07, 6.45) is 2.08. The fraction of sp³-hybridized carbons (Fsp3) is 0.533. The Bertz CT molecular complexity index is 432. The molecule has 3 N–H and O–H groups in total. The van der Waals surface area contributed by atoms with Gasteiger partial charge in [-0.3, -0.25) is 4.79 Å². The number of benzene rings is 1. The van der Waals surface area contributed by atoms with Gasteiger partial charge in [-0.15, -0.1) is 0 Å². The number of rotatable bonds is 6. The highest BCUT2D eigenvalue weighted by Gasteiger charge is 2.16. The largest absolute Gasteiger partial charge is 0.495 e. The van der Waals surface area contributed by atoms with E-state index in [2.05, 4.69) is 19.2 Å². The van der Waals surface area contributed by atoms with Crippen LogP contribution >= 0.6 is 0 Å². The van der Waals surface area contributed by atoms with E-state index in [-0.39, 0.29) is 11.9 Å². The number of para-hydroxylation sites is 1. The number of nitrogens with one attached hydrogen (secondary N) is 1. The lowest BCUT2D eigenvalue weighted by Gasteiger charge is -2.18. The molecule has 0 aliphatic carbocycles. The second kappa shape index (κ2) is 7.02. The third-order valence-electron chi connectivity index (χ3n) is 3.36. The molecule has 0 aliphatic rings. The standard InChI is InChI=1S/C15H24N2O2/c1-5-10(2)9-11(3)17-15(18)12-7-6-8-13(19-4)14(12)16/h6-8,10-11H,5,9,16H2,1-4H3,(H,17,18). The SMILES string of the molecule is CCC(C)CC(C)NC(=O)c1cccc(OC)c1N. The molecule has 1 aromatic rings. The van der Waals surface area contributed by atoms with E-state index in [4.69, 9.17) is 10.5 Å². The van der Waals surface area contributed by atoms with Gasteiger partial charge < -0.3 is 15.8 Å². The van der Waals surface area contributed by atoms with Gasteiger partial charge in [-0.2, -0.15) is 0 Å². The third kappa shape index (κ3) is 4.16. The number of amides is 1. The Hall–Kier alpha value is -1.71. The average molecular weight is 264 g/mol. The molecule has 1 aromatic carbocycles. The van der Waals surface area contributed by atoms with Crippen LogP contribution in [0.2, 0.25) is 0 Å². The van der Waals surface area contributed by atoms with Gasteiger partial charge in [0, 0.05) is 6.04 Å². The van der Waals surface area contributed by atoms with Crippen LogP contribution < -0.4 is 15.8 Å². The number of hydrogen-bond acceptors (Lipinski definition) is 3. The molecule has 2 atom stereocenters. The first-order valence-corrected chi connectivity index (χ1v) is 6.72. The molecule has 19 heavy (non-hydrogen) atoms. The summed E-state index contributed by atoms with van der Waals surface area (Å²) in [5.74, 6) is 0.979. The van der Waals surface area contributed by atoms with Crippen LogP contribution in [0.25, 0.3) is 0 Å². The molecule has 4 heteroatoms. The Balaban J connectivity index is 2.73. The molecular formula is C15H24N2O2. The monoisotopic (exact) mass is 264 g/mol. The summed E-state index contributed by atoms with van der Waals surface area (Å²) < 4.78 is 5.12. The molecule has 0 heterocycles. The minimum absolute atomic E-state index is 0.132. The Morgan fingerprint density at radius 3 is 2.68 bits per heavy atom. The zero-order chi connectivity index (χ0) is 14.4. The topological polar surface area (TPSA) is 64.3 Å². The Morgan fingerprint density at radius 2 is 2.11 bits per heavy atom. The van der Waals surface area contributed by atoms with Gasteiger partial charge in [-0.1, -0.05) is 26.3 Å². The van der Waals surface area contributed by atoms with Crippen LogP contribution in [0.5, 0.6) is 5.75 Å². The predicted molar refractivity (Wildman–Crippen MR) is 78.4 cm³/mol. The smallest absolute Gasteiger partial charge is 0.253 e. The van der Waals surface area contributed by atoms with Crippen LogP contribution in [-0.4, -0.2) is 19.1 Å². The molecule has 2 unspecified atom stereocenters. The first-order chi connectivity index (χ1) is 8.99. The van der Waals surface area contributed by atoms with Crippen molar-refractivity contribution in [3.63, 3.8) is 0 Å². The highest BCUT2D eigenvalue weighted by atomic mass is 16.5. The predicted octanol–water partition coefficient (Wildman–Crippen LogP) is 2.83. The number of carbonyl (C=O) groups is 1. The average Bonchev–Trinajstić information content (AvgIpc) is 2.38. The van der Waals surface area contributed by atoms with Crippen LogP contribution in [-0.2, 0) is 0 Å². The molecule has 0 radical (unpaired) electrons. The van der Waals surface area contributed by atoms with Gasteiger partial charge in [-0.05, 0) is 31.4 Å². The first-order valence-electron chi connectivity index (χ1n) is 6.72. The van der Waals surface area contributed by atoms with Crippen molar-refractivity contribution in [1.29, 1.82) is 0 Å². The molecule has 4 nitrogen and oxygen atoms in total. The minimum Gasteiger partial charge on any atom is -0.495 e. The molecule has 106 valence electrons. The first kappa shape index (κ1) is 15.3. The van der Waals surface area contributed by atoms with Crippen LogP contribution in [0.1, 0.15) is 44.0 Å². The van der Waals surface area contributed by atoms with Crippen molar-refractivity contribution in [3.05, 3.63) is 23.8 Å². The van der Waals surface area contributed by atoms with Gasteiger partial charge in [0.1, 0.15) is 5.75 Å². The summed E-state index contributed by atoms with van der Waals surface area (Å²) >= 11 is 0. The number of methoxy groups -OCH3 is 1. The van der Waals surface area contributed by atoms with Gasteiger partial charge >= 0.3 is 0 Å². The number of hydrogen-bond donors (Lipinski definition) is 2. The van der Waals surface area contributed by atoms with Crippen LogP contribution in [0, 0.1) is 5.92 Å². The quantitative estimate of drug-likeness (QED) is 0.776. The number of nitrogen functional groups attached to an aromatic ring is 1. The molecule has 0 aromatic heterocycles. The molecule has 0 saturated carbocycles. The lowest BCUT2D eigenvalue weighted by atomic mass is 10.00. The summed E-state index contributed by atoms with van der Waals surface area (Å²) in [6, 6.07) is 5.36. The summed E-state index contributed by atoms with van der Waals surface area (Å²) in [4.78, 5) is 12.2. The maximum Gasteiger partial charge on any atom is 0.253 e. The van der Waals surface area contributed by atoms with Crippen molar-refractivity contribution in [2.24, 2.45) is 5.92 Å². The Kier molecular flexibility index (Phi) is 5.67. The third-order valence-corrected chi connectivity index (χ3v) is 3.36. The van der Waals surface area contributed by atoms with Crippen molar-refractivity contribution in [2.75, 3.05) is 12.8 Å². The van der Waals surface area contributed by atoms with E-state index in [0.717, 1.165) is 12.8 Å². The van der Waals surface area contributed by atoms with Crippen molar-refractivity contribution in [2.45, 2.75) is 39.7 Å². The summed E-state index contributed by atoms with van der Waals surface area (Å²) in [5.41, 5.74) is 6.77. The van der Waals surface area contributed by atoms with E-state index < -0.39 is 0 Å². The second-order valence-corrected chi connectivity index (χ2v) is 5.05. The lowest BCUT2D eigenvalue weighted by molar-refractivity contribution is 0.0936. The fourth-order valence-electron chi connectivity index (χ4n) is 2.05. The van der Waals surface area contributed by atoms with Gasteiger partial charge in [0.15, 0.2) is 0 Å². The summed E-state index contributed by atoms with van der Waals surface area (Å²) in [6.45, 7) is 6.35. The van der Waals surface area contributed by atoms with Gasteiger partial charge in [0.2, 0.25) is 0 Å². The zero-order valence-electron chi connectivity index (χ0n) is 12.2. The maximum absolute atomic E-state index is 12.2. The van der Waals surface area contributed by atoms with E-state index in [0.29, 0.717) is 22.9 Å². The second-order valence-electron chi connectivity index (χ2n) is 5.05. The molecule has 0 bridgehead atoms. The Labute approximate surface area is 115 Å². The van der Waals surface area contributed by atoms with Gasteiger partial charge in [-0.25, -0.2) is 0 Å². The van der Waals surface area contributed by atoms with Crippen molar-refractivity contribution < 1.29 is 9.53 Å². The Morgan fingerprint density at radius 1 is 1.42 bits per heavy atom. The molecule has 1 rings (SSSR count). The summed E-state index contributed by atoms with van der Waals surface area (Å²) in [7, 11) is 1.54. The normalized spacial score (nSPS) is 13.7. The molecule has 0 saturated heterocycles. The molecule has 0 spiro atoms. The van der Waals surface area contributed by atoms with E-state index >= 15 is 0 Å². The highest BCUT2D eigenvalue weighted by molar-refractivity contribution is 6.00. The van der Waals surface area contributed by atoms with E-state index in [1.54, 1.807) is 25.3 Å². The fourth-order valence-corrected chi connectivity index (χ4v) is 2.05. The molecular weight excluding hydrogens is 240 g/mol. The number of anilines is 1. The molecule has 1 amide bonds. The van der Waals surface area contributed by atoms with Crippen molar-refractivity contribution in [1.82, 2.24) is 5.32 Å². The molecule has 0 aliphatic heterocycles. The van der Waals surface area contributed by atoms with Crippen molar-refractivity contribution in [3.8, 4) is 5.75 Å². The van der Waals surface area contributed by atoms with Gasteiger partial charge in [0.05, 0.1) is 18.4 Å². The van der Waals surface area contributed by atoms with E-state index in [1.165, 1.54) is 0 Å².